The Morgan fingerprint density at radius 3 is 2.74 bits per heavy atom. The van der Waals surface area contributed by atoms with Crippen molar-refractivity contribution in [3.8, 4) is 0 Å². The van der Waals surface area contributed by atoms with Crippen molar-refractivity contribution in [1.29, 1.82) is 0 Å². The van der Waals surface area contributed by atoms with Gasteiger partial charge >= 0.3 is 11.8 Å². The second-order valence-electron chi connectivity index (χ2n) is 3.47. The van der Waals surface area contributed by atoms with Gasteiger partial charge < -0.3 is 5.32 Å². The number of H-pyrrole nitrogens is 1. The molecule has 1 heterocycles. The van der Waals surface area contributed by atoms with Gasteiger partial charge in [-0.05, 0) is 24.5 Å². The summed E-state index contributed by atoms with van der Waals surface area (Å²) in [6.07, 6.45) is 3.16. The highest BCUT2D eigenvalue weighted by atomic mass is 32.2. The van der Waals surface area contributed by atoms with E-state index in [4.69, 9.17) is 0 Å². The Labute approximate surface area is 113 Å². The first kappa shape index (κ1) is 13.1. The van der Waals surface area contributed by atoms with Crippen molar-refractivity contribution in [2.45, 2.75) is 4.90 Å². The Hall–Kier alpha value is -2.35. The fraction of sp³-hybridized carbons (Fsp3) is 0.0909. The lowest BCUT2D eigenvalue weighted by Gasteiger charge is -2.05. The molecule has 1 aromatic carbocycles. The molecule has 0 bridgehead atoms. The number of hydrogen-bond donors (Lipinski definition) is 3. The highest BCUT2D eigenvalue weighted by Gasteiger charge is 2.15. The normalized spacial score (nSPS) is 9.95. The zero-order valence-corrected chi connectivity index (χ0v) is 10.8. The number of aromatic nitrogens is 3. The Bertz CT molecular complexity index is 585. The summed E-state index contributed by atoms with van der Waals surface area (Å²) >= 11 is 1.55. The molecular formula is C11H11N5O2S. The monoisotopic (exact) mass is 277 g/mol. The smallest absolute Gasteiger partial charge is 0.316 e. The maximum absolute atomic E-state index is 11.6. The average Bonchev–Trinajstić information content (AvgIpc) is 2.91. The third-order valence-electron chi connectivity index (χ3n) is 2.18. The Balaban J connectivity index is 1.98. The van der Waals surface area contributed by atoms with Gasteiger partial charge in [0.1, 0.15) is 6.33 Å². The third-order valence-corrected chi connectivity index (χ3v) is 2.91. The molecule has 7 nitrogen and oxygen atoms in total. The van der Waals surface area contributed by atoms with Crippen molar-refractivity contribution in [2.24, 2.45) is 0 Å². The number of nitrogens with zero attached hydrogens (tertiary/aromatic N) is 2. The van der Waals surface area contributed by atoms with Crippen molar-refractivity contribution in [1.82, 2.24) is 15.2 Å². The number of amides is 2. The molecule has 0 unspecified atom stereocenters. The number of benzene rings is 1. The van der Waals surface area contributed by atoms with Crippen molar-refractivity contribution < 1.29 is 9.59 Å². The van der Waals surface area contributed by atoms with Gasteiger partial charge in [-0.1, -0.05) is 6.07 Å². The van der Waals surface area contributed by atoms with Gasteiger partial charge in [0.15, 0.2) is 0 Å². The van der Waals surface area contributed by atoms with Gasteiger partial charge in [-0.25, -0.2) is 5.10 Å². The van der Waals surface area contributed by atoms with Gasteiger partial charge in [-0.2, -0.15) is 10.1 Å². The first-order valence-electron chi connectivity index (χ1n) is 5.31. The Morgan fingerprint density at radius 1 is 1.26 bits per heavy atom. The van der Waals surface area contributed by atoms with Gasteiger partial charge in [-0.15, -0.1) is 11.8 Å². The number of rotatable bonds is 3. The number of anilines is 2. The van der Waals surface area contributed by atoms with Crippen LogP contribution in [0.25, 0.3) is 0 Å². The standard InChI is InChI=1S/C11H11N5O2S/c1-19-8-4-2-3-7(5-8)14-9(17)10(18)15-11-12-6-13-16-11/h2-6H,1H3,(H,14,17)(H2,12,13,15,16,18). The van der Waals surface area contributed by atoms with Crippen LogP contribution in [0.1, 0.15) is 0 Å². The van der Waals surface area contributed by atoms with E-state index in [0.29, 0.717) is 5.69 Å². The molecule has 3 N–H and O–H groups in total. The second kappa shape index (κ2) is 6.01. The van der Waals surface area contributed by atoms with E-state index in [9.17, 15) is 9.59 Å². The summed E-state index contributed by atoms with van der Waals surface area (Å²) in [5.74, 6) is -1.46. The van der Waals surface area contributed by atoms with Gasteiger partial charge in [0, 0.05) is 10.6 Å². The Kier molecular flexibility index (Phi) is 4.14. The summed E-state index contributed by atoms with van der Waals surface area (Å²) in [6, 6.07) is 7.20. The maximum Gasteiger partial charge on any atom is 0.316 e. The lowest BCUT2D eigenvalue weighted by atomic mass is 10.3. The second-order valence-corrected chi connectivity index (χ2v) is 4.35. The van der Waals surface area contributed by atoms with Crippen LogP contribution < -0.4 is 10.6 Å². The molecule has 8 heteroatoms. The predicted molar refractivity (Wildman–Crippen MR) is 71.9 cm³/mol. The van der Waals surface area contributed by atoms with Crippen LogP contribution in [-0.4, -0.2) is 33.3 Å². The first-order valence-corrected chi connectivity index (χ1v) is 6.53. The Morgan fingerprint density at radius 2 is 2.05 bits per heavy atom. The summed E-state index contributed by atoms with van der Waals surface area (Å²) < 4.78 is 0. The molecule has 19 heavy (non-hydrogen) atoms. The topological polar surface area (TPSA) is 99.8 Å². The molecule has 0 aliphatic carbocycles. The molecule has 0 fully saturated rings. The quantitative estimate of drug-likeness (QED) is 0.576. The third kappa shape index (κ3) is 3.55. The maximum atomic E-state index is 11.6. The van der Waals surface area contributed by atoms with Crippen molar-refractivity contribution >= 4 is 35.2 Å². The van der Waals surface area contributed by atoms with Crippen LogP contribution in [0.15, 0.2) is 35.5 Å². The predicted octanol–water partition coefficient (Wildman–Crippen LogP) is 1.10. The summed E-state index contributed by atoms with van der Waals surface area (Å²) in [7, 11) is 0. The number of aromatic amines is 1. The fourth-order valence-corrected chi connectivity index (χ4v) is 1.78. The number of carbonyl (C=O) groups excluding carboxylic acids is 2. The lowest BCUT2D eigenvalue weighted by molar-refractivity contribution is -0.133. The van der Waals surface area contributed by atoms with E-state index < -0.39 is 11.8 Å². The number of carbonyl (C=O) groups is 2. The molecule has 0 saturated carbocycles. The van der Waals surface area contributed by atoms with E-state index in [2.05, 4.69) is 25.8 Å². The van der Waals surface area contributed by atoms with Crippen LogP contribution in [-0.2, 0) is 9.59 Å². The van der Waals surface area contributed by atoms with Crippen LogP contribution >= 0.6 is 11.8 Å². The molecule has 2 rings (SSSR count). The number of nitrogens with one attached hydrogen (secondary N) is 3. The molecule has 0 aliphatic heterocycles. The van der Waals surface area contributed by atoms with Crippen molar-refractivity contribution in [2.75, 3.05) is 16.9 Å². The van der Waals surface area contributed by atoms with Crippen molar-refractivity contribution in [3.63, 3.8) is 0 Å². The van der Waals surface area contributed by atoms with E-state index in [0.717, 1.165) is 4.90 Å². The summed E-state index contributed by atoms with van der Waals surface area (Å²) in [5.41, 5.74) is 0.560. The first-order chi connectivity index (χ1) is 9.19. The van der Waals surface area contributed by atoms with E-state index in [1.165, 1.54) is 6.33 Å². The van der Waals surface area contributed by atoms with Crippen LogP contribution in [0.3, 0.4) is 0 Å². The zero-order valence-electron chi connectivity index (χ0n) is 10.0. The molecule has 0 atom stereocenters. The minimum absolute atomic E-state index is 0.123. The van der Waals surface area contributed by atoms with Gasteiger partial charge in [0.25, 0.3) is 0 Å². The summed E-state index contributed by atoms with van der Waals surface area (Å²) in [5, 5.41) is 10.8. The number of thioether (sulfide) groups is 1. The van der Waals surface area contributed by atoms with E-state index in [1.54, 1.807) is 30.0 Å². The molecule has 0 saturated heterocycles. The molecule has 2 aromatic rings. The van der Waals surface area contributed by atoms with Gasteiger partial charge in [0.2, 0.25) is 5.95 Å². The lowest BCUT2D eigenvalue weighted by Crippen LogP contribution is -2.29. The highest BCUT2D eigenvalue weighted by Crippen LogP contribution is 2.18. The molecule has 0 aliphatic rings. The summed E-state index contributed by atoms with van der Waals surface area (Å²) in [4.78, 5) is 27.9. The molecule has 2 amide bonds. The molecule has 0 radical (unpaired) electrons. The van der Waals surface area contributed by atoms with Crippen molar-refractivity contribution in [3.05, 3.63) is 30.6 Å². The number of hydrogen-bond acceptors (Lipinski definition) is 5. The SMILES string of the molecule is CSc1cccc(NC(=O)C(=O)Nc2ncn[nH]2)c1. The fourth-order valence-electron chi connectivity index (χ4n) is 1.32. The minimum Gasteiger partial charge on any atom is -0.318 e. The van der Waals surface area contributed by atoms with Crippen LogP contribution in [0.4, 0.5) is 11.6 Å². The molecule has 0 spiro atoms. The van der Waals surface area contributed by atoms with Crippen LogP contribution in [0.5, 0.6) is 0 Å². The van der Waals surface area contributed by atoms with Gasteiger partial charge in [-0.3, -0.25) is 14.9 Å². The average molecular weight is 277 g/mol. The molecule has 1 aromatic heterocycles. The minimum atomic E-state index is -0.814. The van der Waals surface area contributed by atoms with E-state index in [1.807, 2.05) is 12.3 Å². The molecule has 98 valence electrons. The summed E-state index contributed by atoms with van der Waals surface area (Å²) in [6.45, 7) is 0. The van der Waals surface area contributed by atoms with Crippen LogP contribution in [0.2, 0.25) is 0 Å². The van der Waals surface area contributed by atoms with Gasteiger partial charge in [0.05, 0.1) is 0 Å². The zero-order chi connectivity index (χ0) is 13.7. The largest absolute Gasteiger partial charge is 0.318 e. The van der Waals surface area contributed by atoms with Crippen LogP contribution in [0, 0.1) is 0 Å². The molecular weight excluding hydrogens is 266 g/mol. The van der Waals surface area contributed by atoms with E-state index >= 15 is 0 Å². The van der Waals surface area contributed by atoms with E-state index in [-0.39, 0.29) is 5.95 Å². The highest BCUT2D eigenvalue weighted by molar-refractivity contribution is 7.98.